The van der Waals surface area contributed by atoms with Crippen molar-refractivity contribution in [2.75, 3.05) is 6.61 Å². The van der Waals surface area contributed by atoms with Gasteiger partial charge in [-0.15, -0.1) is 0 Å². The third-order valence-corrected chi connectivity index (χ3v) is 2.37. The second kappa shape index (κ2) is 4.31. The van der Waals surface area contributed by atoms with Crippen molar-refractivity contribution in [2.24, 2.45) is 5.92 Å². The Morgan fingerprint density at radius 2 is 2.00 bits per heavy atom. The summed E-state index contributed by atoms with van der Waals surface area (Å²) >= 11 is 0. The molecule has 1 saturated carbocycles. The Bertz CT molecular complexity index is 155. The first-order valence-corrected chi connectivity index (χ1v) is 4.66. The largest absolute Gasteiger partial charge is 0.411 e. The van der Waals surface area contributed by atoms with Crippen molar-refractivity contribution >= 4 is 0 Å². The SMILES string of the molecule is C[C@H]1CCC[C@@H](OCC(F)(F)F)C1. The molecule has 0 aromatic rings. The average Bonchev–Trinajstić information content (AvgIpc) is 2.00. The van der Waals surface area contributed by atoms with Crippen LogP contribution in [0.25, 0.3) is 0 Å². The van der Waals surface area contributed by atoms with E-state index in [-0.39, 0.29) is 6.10 Å². The molecule has 4 heteroatoms. The molecule has 0 heterocycles. The van der Waals surface area contributed by atoms with Crippen LogP contribution in [0.3, 0.4) is 0 Å². The Hall–Kier alpha value is -0.250. The van der Waals surface area contributed by atoms with Gasteiger partial charge in [-0.25, -0.2) is 0 Å². The summed E-state index contributed by atoms with van der Waals surface area (Å²) in [4.78, 5) is 0. The molecule has 1 nitrogen and oxygen atoms in total. The van der Waals surface area contributed by atoms with Crippen LogP contribution in [0.4, 0.5) is 13.2 Å². The summed E-state index contributed by atoms with van der Waals surface area (Å²) in [5.41, 5.74) is 0. The Morgan fingerprint density at radius 3 is 2.54 bits per heavy atom. The predicted molar refractivity (Wildman–Crippen MR) is 43.4 cm³/mol. The summed E-state index contributed by atoms with van der Waals surface area (Å²) in [5.74, 6) is 0.506. The van der Waals surface area contributed by atoms with E-state index in [9.17, 15) is 13.2 Å². The molecule has 13 heavy (non-hydrogen) atoms. The molecule has 1 aliphatic carbocycles. The normalized spacial score (nSPS) is 30.5. The maximum atomic E-state index is 11.8. The second-order valence-corrected chi connectivity index (χ2v) is 3.82. The maximum Gasteiger partial charge on any atom is 0.411 e. The highest BCUT2D eigenvalue weighted by Gasteiger charge is 2.30. The molecule has 2 atom stereocenters. The minimum Gasteiger partial charge on any atom is -0.369 e. The summed E-state index contributed by atoms with van der Waals surface area (Å²) in [6, 6.07) is 0. The van der Waals surface area contributed by atoms with E-state index in [0.29, 0.717) is 5.92 Å². The predicted octanol–water partition coefficient (Wildman–Crippen LogP) is 3.14. The van der Waals surface area contributed by atoms with Crippen molar-refractivity contribution in [3.63, 3.8) is 0 Å². The van der Waals surface area contributed by atoms with Crippen LogP contribution in [-0.2, 0) is 4.74 Å². The van der Waals surface area contributed by atoms with Crippen molar-refractivity contribution in [3.05, 3.63) is 0 Å². The van der Waals surface area contributed by atoms with E-state index in [1.54, 1.807) is 0 Å². The molecule has 0 saturated heterocycles. The molecule has 1 aliphatic rings. The van der Waals surface area contributed by atoms with Crippen LogP contribution in [0.1, 0.15) is 32.6 Å². The van der Waals surface area contributed by atoms with E-state index in [4.69, 9.17) is 4.74 Å². The fraction of sp³-hybridized carbons (Fsp3) is 1.00. The average molecular weight is 196 g/mol. The second-order valence-electron chi connectivity index (χ2n) is 3.82. The summed E-state index contributed by atoms with van der Waals surface area (Å²) in [6.45, 7) is 0.966. The fourth-order valence-electron chi connectivity index (χ4n) is 1.74. The van der Waals surface area contributed by atoms with E-state index < -0.39 is 12.8 Å². The Morgan fingerprint density at radius 1 is 1.31 bits per heavy atom. The van der Waals surface area contributed by atoms with Crippen LogP contribution >= 0.6 is 0 Å². The van der Waals surface area contributed by atoms with Gasteiger partial charge in [-0.05, 0) is 18.8 Å². The molecule has 78 valence electrons. The summed E-state index contributed by atoms with van der Waals surface area (Å²) in [6.07, 6.45) is -0.697. The lowest BCUT2D eigenvalue weighted by molar-refractivity contribution is -0.189. The number of hydrogen-bond acceptors (Lipinski definition) is 1. The van der Waals surface area contributed by atoms with Gasteiger partial charge in [0.2, 0.25) is 0 Å². The van der Waals surface area contributed by atoms with Gasteiger partial charge in [0.15, 0.2) is 0 Å². The minimum atomic E-state index is -4.18. The summed E-state index contributed by atoms with van der Waals surface area (Å²) in [5, 5.41) is 0. The van der Waals surface area contributed by atoms with Gasteiger partial charge in [0.25, 0.3) is 0 Å². The van der Waals surface area contributed by atoms with Gasteiger partial charge in [-0.3, -0.25) is 0 Å². The first kappa shape index (κ1) is 10.8. The lowest BCUT2D eigenvalue weighted by atomic mass is 9.89. The first-order valence-electron chi connectivity index (χ1n) is 4.66. The highest BCUT2D eigenvalue weighted by molar-refractivity contribution is 4.70. The van der Waals surface area contributed by atoms with E-state index in [1.807, 2.05) is 0 Å². The topological polar surface area (TPSA) is 9.23 Å². The fourth-order valence-corrected chi connectivity index (χ4v) is 1.74. The maximum absolute atomic E-state index is 11.8. The van der Waals surface area contributed by atoms with Crippen molar-refractivity contribution in [1.82, 2.24) is 0 Å². The lowest BCUT2D eigenvalue weighted by Crippen LogP contribution is -2.27. The molecule has 0 unspecified atom stereocenters. The standard InChI is InChI=1S/C9H15F3O/c1-7-3-2-4-8(5-7)13-6-9(10,11)12/h7-8H,2-6H2,1H3/t7-,8+/m0/s1. The number of alkyl halides is 3. The van der Waals surface area contributed by atoms with Crippen molar-refractivity contribution in [2.45, 2.75) is 44.9 Å². The van der Waals surface area contributed by atoms with Gasteiger partial charge in [-0.1, -0.05) is 19.8 Å². The molecule has 0 aromatic carbocycles. The molecule has 0 radical (unpaired) electrons. The monoisotopic (exact) mass is 196 g/mol. The quantitative estimate of drug-likeness (QED) is 0.659. The van der Waals surface area contributed by atoms with Crippen molar-refractivity contribution in [1.29, 1.82) is 0 Å². The lowest BCUT2D eigenvalue weighted by Gasteiger charge is -2.27. The first-order chi connectivity index (χ1) is 5.97. The molecule has 0 aliphatic heterocycles. The molecular weight excluding hydrogens is 181 g/mol. The summed E-state index contributed by atoms with van der Waals surface area (Å²) in [7, 11) is 0. The highest BCUT2D eigenvalue weighted by Crippen LogP contribution is 2.27. The highest BCUT2D eigenvalue weighted by atomic mass is 19.4. The molecule has 0 amide bonds. The third-order valence-electron chi connectivity index (χ3n) is 2.37. The number of rotatable bonds is 2. The van der Waals surface area contributed by atoms with Gasteiger partial charge in [-0.2, -0.15) is 13.2 Å². The van der Waals surface area contributed by atoms with Crippen LogP contribution in [-0.4, -0.2) is 18.9 Å². The zero-order chi connectivity index (χ0) is 9.90. The van der Waals surface area contributed by atoms with E-state index in [2.05, 4.69) is 6.92 Å². The number of halogens is 3. The zero-order valence-electron chi connectivity index (χ0n) is 7.73. The van der Waals surface area contributed by atoms with Gasteiger partial charge in [0.1, 0.15) is 6.61 Å². The van der Waals surface area contributed by atoms with Crippen molar-refractivity contribution < 1.29 is 17.9 Å². The van der Waals surface area contributed by atoms with E-state index in [0.717, 1.165) is 25.7 Å². The van der Waals surface area contributed by atoms with Gasteiger partial charge >= 0.3 is 6.18 Å². The molecule has 0 spiro atoms. The van der Waals surface area contributed by atoms with Gasteiger partial charge < -0.3 is 4.74 Å². The third kappa shape index (κ3) is 4.50. The molecule has 0 bridgehead atoms. The smallest absolute Gasteiger partial charge is 0.369 e. The zero-order valence-corrected chi connectivity index (χ0v) is 7.73. The van der Waals surface area contributed by atoms with E-state index in [1.165, 1.54) is 0 Å². The molecule has 0 N–H and O–H groups in total. The number of ether oxygens (including phenoxy) is 1. The van der Waals surface area contributed by atoms with Crippen LogP contribution in [0.5, 0.6) is 0 Å². The molecule has 1 fully saturated rings. The van der Waals surface area contributed by atoms with Crippen LogP contribution < -0.4 is 0 Å². The Kier molecular flexibility index (Phi) is 3.59. The minimum absolute atomic E-state index is 0.176. The molecule has 1 rings (SSSR count). The Labute approximate surface area is 76.3 Å². The number of hydrogen-bond donors (Lipinski definition) is 0. The molecule has 0 aromatic heterocycles. The van der Waals surface area contributed by atoms with Gasteiger partial charge in [0.05, 0.1) is 6.10 Å². The van der Waals surface area contributed by atoms with Crippen LogP contribution in [0.15, 0.2) is 0 Å². The van der Waals surface area contributed by atoms with Crippen LogP contribution in [0.2, 0.25) is 0 Å². The Balaban J connectivity index is 2.21. The van der Waals surface area contributed by atoms with Gasteiger partial charge in [0, 0.05) is 0 Å². The summed E-state index contributed by atoms with van der Waals surface area (Å²) < 4.78 is 40.1. The van der Waals surface area contributed by atoms with Crippen LogP contribution in [0, 0.1) is 5.92 Å². The van der Waals surface area contributed by atoms with Crippen molar-refractivity contribution in [3.8, 4) is 0 Å². The molecular formula is C9H15F3O. The van der Waals surface area contributed by atoms with E-state index >= 15 is 0 Å².